The van der Waals surface area contributed by atoms with Gasteiger partial charge in [-0.25, -0.2) is 0 Å². The van der Waals surface area contributed by atoms with E-state index in [1.807, 2.05) is 0 Å². The molecule has 1 aromatic carbocycles. The van der Waals surface area contributed by atoms with Crippen LogP contribution in [0.3, 0.4) is 0 Å². The Hall–Kier alpha value is -1.55. The van der Waals surface area contributed by atoms with Gasteiger partial charge in [0.1, 0.15) is 0 Å². The second kappa shape index (κ2) is 6.75. The van der Waals surface area contributed by atoms with Gasteiger partial charge in [0.2, 0.25) is 0 Å². The van der Waals surface area contributed by atoms with Gasteiger partial charge in [-0.3, -0.25) is 4.99 Å². The number of guanidine groups is 1. The molecule has 0 radical (unpaired) electrons. The first-order valence-corrected chi connectivity index (χ1v) is 9.54. The Morgan fingerprint density at radius 3 is 2.83 bits per heavy atom. The van der Waals surface area contributed by atoms with Crippen LogP contribution in [-0.2, 0) is 11.2 Å². The SMILES string of the molecule is CCNC(=NCCc1ccccc1)NC1C2CCOC2C12CCC2. The van der Waals surface area contributed by atoms with Crippen molar-refractivity contribution in [1.29, 1.82) is 0 Å². The monoisotopic (exact) mass is 327 g/mol. The van der Waals surface area contributed by atoms with E-state index >= 15 is 0 Å². The first kappa shape index (κ1) is 15.9. The maximum absolute atomic E-state index is 6.02. The van der Waals surface area contributed by atoms with Crippen molar-refractivity contribution in [3.8, 4) is 0 Å². The Labute approximate surface area is 145 Å². The Balaban J connectivity index is 1.39. The van der Waals surface area contributed by atoms with Crippen molar-refractivity contribution in [2.45, 2.75) is 51.2 Å². The maximum atomic E-state index is 6.02. The Morgan fingerprint density at radius 2 is 2.12 bits per heavy atom. The number of ether oxygens (including phenoxy) is 1. The minimum absolute atomic E-state index is 0.400. The van der Waals surface area contributed by atoms with Gasteiger partial charge in [0.15, 0.2) is 5.96 Å². The van der Waals surface area contributed by atoms with Crippen LogP contribution in [-0.4, -0.2) is 37.8 Å². The van der Waals surface area contributed by atoms with Crippen LogP contribution in [0.25, 0.3) is 0 Å². The van der Waals surface area contributed by atoms with E-state index in [2.05, 4.69) is 47.9 Å². The van der Waals surface area contributed by atoms with Crippen LogP contribution in [0, 0.1) is 11.3 Å². The first-order valence-electron chi connectivity index (χ1n) is 9.54. The summed E-state index contributed by atoms with van der Waals surface area (Å²) in [6, 6.07) is 11.1. The lowest BCUT2D eigenvalue weighted by Crippen LogP contribution is -2.72. The van der Waals surface area contributed by atoms with Gasteiger partial charge in [0.25, 0.3) is 0 Å². The highest BCUT2D eigenvalue weighted by molar-refractivity contribution is 5.80. The molecule has 2 aliphatic carbocycles. The summed E-state index contributed by atoms with van der Waals surface area (Å²) < 4.78 is 6.02. The molecule has 3 fully saturated rings. The number of nitrogens with zero attached hydrogens (tertiary/aromatic N) is 1. The molecule has 2 N–H and O–H groups in total. The van der Waals surface area contributed by atoms with E-state index in [0.29, 0.717) is 23.5 Å². The molecule has 1 aliphatic heterocycles. The van der Waals surface area contributed by atoms with E-state index in [1.165, 1.54) is 31.2 Å². The topological polar surface area (TPSA) is 45.7 Å². The standard InChI is InChI=1S/C20H29N3O/c1-2-21-19(22-13-9-15-7-4-3-5-8-15)23-17-16-10-14-24-18(16)20(17)11-6-12-20/h3-5,7-8,16-18H,2,6,9-14H2,1H3,(H2,21,22,23). The van der Waals surface area contributed by atoms with Gasteiger partial charge in [-0.2, -0.15) is 0 Å². The number of nitrogens with one attached hydrogen (secondary N) is 2. The number of hydrogen-bond donors (Lipinski definition) is 2. The quantitative estimate of drug-likeness (QED) is 0.646. The second-order valence-electron chi connectivity index (χ2n) is 7.45. The number of benzene rings is 1. The molecule has 0 amide bonds. The molecule has 4 nitrogen and oxygen atoms in total. The molecule has 4 heteroatoms. The van der Waals surface area contributed by atoms with Crippen LogP contribution >= 0.6 is 0 Å². The third-order valence-corrected chi connectivity index (χ3v) is 6.19. The van der Waals surface area contributed by atoms with Gasteiger partial charge >= 0.3 is 0 Å². The van der Waals surface area contributed by atoms with Crippen LogP contribution in [0.4, 0.5) is 0 Å². The van der Waals surface area contributed by atoms with Gasteiger partial charge in [0, 0.05) is 37.1 Å². The summed E-state index contributed by atoms with van der Waals surface area (Å²) in [5, 5.41) is 7.20. The van der Waals surface area contributed by atoms with Gasteiger partial charge in [0.05, 0.1) is 6.10 Å². The molecule has 3 atom stereocenters. The fourth-order valence-corrected chi connectivity index (χ4v) is 4.86. The first-order chi connectivity index (χ1) is 11.8. The molecule has 3 aliphatic rings. The summed E-state index contributed by atoms with van der Waals surface area (Å²) in [7, 11) is 0. The second-order valence-corrected chi connectivity index (χ2v) is 7.45. The molecule has 1 saturated heterocycles. The Bertz CT molecular complexity index is 582. The summed E-state index contributed by atoms with van der Waals surface area (Å²) in [6.45, 7) is 4.80. The molecule has 130 valence electrons. The lowest BCUT2D eigenvalue weighted by molar-refractivity contribution is -0.171. The molecule has 0 bridgehead atoms. The molecular weight excluding hydrogens is 298 g/mol. The predicted molar refractivity (Wildman–Crippen MR) is 97.2 cm³/mol. The van der Waals surface area contributed by atoms with Crippen molar-refractivity contribution in [1.82, 2.24) is 10.6 Å². The van der Waals surface area contributed by atoms with Crippen LogP contribution < -0.4 is 10.6 Å². The van der Waals surface area contributed by atoms with Crippen molar-refractivity contribution in [2.75, 3.05) is 19.7 Å². The van der Waals surface area contributed by atoms with Gasteiger partial charge < -0.3 is 15.4 Å². The Morgan fingerprint density at radius 1 is 1.29 bits per heavy atom. The average molecular weight is 327 g/mol. The molecule has 4 rings (SSSR count). The van der Waals surface area contributed by atoms with Crippen molar-refractivity contribution in [3.05, 3.63) is 35.9 Å². The summed E-state index contributed by atoms with van der Waals surface area (Å²) in [5.41, 5.74) is 1.75. The Kier molecular flexibility index (Phi) is 4.49. The van der Waals surface area contributed by atoms with E-state index in [4.69, 9.17) is 9.73 Å². The van der Waals surface area contributed by atoms with Crippen LogP contribution in [0.15, 0.2) is 35.3 Å². The smallest absolute Gasteiger partial charge is 0.191 e. The van der Waals surface area contributed by atoms with E-state index in [1.54, 1.807) is 0 Å². The zero-order valence-electron chi connectivity index (χ0n) is 14.6. The zero-order chi connectivity index (χ0) is 16.4. The predicted octanol–water partition coefficient (Wildman–Crippen LogP) is 2.74. The summed E-state index contributed by atoms with van der Waals surface area (Å²) in [6.07, 6.45) is 6.68. The molecule has 24 heavy (non-hydrogen) atoms. The minimum atomic E-state index is 0.400. The number of aliphatic imine (C=N–C) groups is 1. The number of fused-ring (bicyclic) bond motifs is 2. The van der Waals surface area contributed by atoms with Gasteiger partial charge in [-0.05, 0) is 38.2 Å². The summed E-state index contributed by atoms with van der Waals surface area (Å²) in [5.74, 6) is 1.67. The molecule has 0 aromatic heterocycles. The molecular formula is C20H29N3O. The molecule has 1 heterocycles. The van der Waals surface area contributed by atoms with Crippen LogP contribution in [0.5, 0.6) is 0 Å². The van der Waals surface area contributed by atoms with E-state index in [-0.39, 0.29) is 0 Å². The fourth-order valence-electron chi connectivity index (χ4n) is 4.86. The zero-order valence-corrected chi connectivity index (χ0v) is 14.6. The van der Waals surface area contributed by atoms with Crippen molar-refractivity contribution >= 4 is 5.96 Å². The van der Waals surface area contributed by atoms with Crippen molar-refractivity contribution in [2.24, 2.45) is 16.3 Å². The number of rotatable bonds is 5. The summed E-state index contributed by atoms with van der Waals surface area (Å²) in [4.78, 5) is 4.82. The summed E-state index contributed by atoms with van der Waals surface area (Å²) >= 11 is 0. The highest BCUT2D eigenvalue weighted by atomic mass is 16.5. The third kappa shape index (κ3) is 2.71. The molecule has 2 saturated carbocycles. The molecule has 1 spiro atoms. The highest BCUT2D eigenvalue weighted by Crippen LogP contribution is 2.62. The molecule has 1 aromatic rings. The minimum Gasteiger partial charge on any atom is -0.377 e. The normalized spacial score (nSPS) is 30.4. The van der Waals surface area contributed by atoms with Crippen molar-refractivity contribution in [3.63, 3.8) is 0 Å². The number of hydrogen-bond acceptors (Lipinski definition) is 2. The van der Waals surface area contributed by atoms with Crippen LogP contribution in [0.2, 0.25) is 0 Å². The molecule has 3 unspecified atom stereocenters. The average Bonchev–Trinajstić information content (AvgIpc) is 2.97. The highest BCUT2D eigenvalue weighted by Gasteiger charge is 2.66. The maximum Gasteiger partial charge on any atom is 0.191 e. The van der Waals surface area contributed by atoms with E-state index < -0.39 is 0 Å². The lowest BCUT2D eigenvalue weighted by atomic mass is 9.46. The van der Waals surface area contributed by atoms with E-state index in [0.717, 1.165) is 32.1 Å². The third-order valence-electron chi connectivity index (χ3n) is 6.19. The van der Waals surface area contributed by atoms with Gasteiger partial charge in [-0.15, -0.1) is 0 Å². The van der Waals surface area contributed by atoms with Gasteiger partial charge in [-0.1, -0.05) is 36.8 Å². The van der Waals surface area contributed by atoms with E-state index in [9.17, 15) is 0 Å². The largest absolute Gasteiger partial charge is 0.377 e. The van der Waals surface area contributed by atoms with Crippen molar-refractivity contribution < 1.29 is 4.74 Å². The van der Waals surface area contributed by atoms with Crippen LogP contribution in [0.1, 0.15) is 38.2 Å². The lowest BCUT2D eigenvalue weighted by Gasteiger charge is -2.63. The fraction of sp³-hybridized carbons (Fsp3) is 0.650.